The van der Waals surface area contributed by atoms with Crippen molar-refractivity contribution in [1.82, 2.24) is 0 Å². The molecule has 0 aliphatic heterocycles. The standard InChI is InChI=1S/C15H12O2S/c1-8(2)11-7-18-12-5-4-10-9(3)6-13(16)17-15(10)14(11)12/h4-7H,1H2,2-3H3. The highest BCUT2D eigenvalue weighted by Crippen LogP contribution is 2.36. The summed E-state index contributed by atoms with van der Waals surface area (Å²) >= 11 is 1.65. The van der Waals surface area contributed by atoms with Crippen molar-refractivity contribution < 1.29 is 4.42 Å². The molecule has 90 valence electrons. The monoisotopic (exact) mass is 256 g/mol. The van der Waals surface area contributed by atoms with Crippen molar-refractivity contribution in [3.63, 3.8) is 0 Å². The van der Waals surface area contributed by atoms with Crippen LogP contribution in [0, 0.1) is 6.92 Å². The zero-order valence-corrected chi connectivity index (χ0v) is 11.1. The van der Waals surface area contributed by atoms with Crippen LogP contribution in [0.2, 0.25) is 0 Å². The molecule has 0 atom stereocenters. The highest BCUT2D eigenvalue weighted by atomic mass is 32.1. The van der Waals surface area contributed by atoms with Crippen molar-refractivity contribution in [3.05, 3.63) is 51.7 Å². The fourth-order valence-corrected chi connectivity index (χ4v) is 3.25. The third-order valence-corrected chi connectivity index (χ3v) is 4.06. The van der Waals surface area contributed by atoms with E-state index in [9.17, 15) is 4.79 Å². The van der Waals surface area contributed by atoms with Gasteiger partial charge in [0.15, 0.2) is 0 Å². The van der Waals surface area contributed by atoms with Crippen LogP contribution in [0.3, 0.4) is 0 Å². The fraction of sp³-hybridized carbons (Fsp3) is 0.133. The van der Waals surface area contributed by atoms with Crippen LogP contribution in [-0.4, -0.2) is 0 Å². The Morgan fingerprint density at radius 2 is 2.17 bits per heavy atom. The first-order valence-electron chi connectivity index (χ1n) is 5.68. The quantitative estimate of drug-likeness (QED) is 0.606. The van der Waals surface area contributed by atoms with Gasteiger partial charge in [0.2, 0.25) is 0 Å². The molecule has 0 saturated heterocycles. The third-order valence-electron chi connectivity index (χ3n) is 3.11. The van der Waals surface area contributed by atoms with Crippen LogP contribution in [0.4, 0.5) is 0 Å². The van der Waals surface area contributed by atoms with E-state index in [-0.39, 0.29) is 5.63 Å². The Balaban J connectivity index is 2.62. The van der Waals surface area contributed by atoms with Gasteiger partial charge in [-0.2, -0.15) is 0 Å². The maximum atomic E-state index is 11.6. The number of fused-ring (bicyclic) bond motifs is 3. The second kappa shape index (κ2) is 3.82. The molecule has 2 heterocycles. The Labute approximate surface area is 108 Å². The molecule has 0 saturated carbocycles. The van der Waals surface area contributed by atoms with Gasteiger partial charge in [-0.15, -0.1) is 11.3 Å². The summed E-state index contributed by atoms with van der Waals surface area (Å²) in [6.07, 6.45) is 0. The van der Waals surface area contributed by atoms with Crippen LogP contribution in [0.25, 0.3) is 26.6 Å². The van der Waals surface area contributed by atoms with Crippen molar-refractivity contribution in [3.8, 4) is 0 Å². The summed E-state index contributed by atoms with van der Waals surface area (Å²) in [5, 5.41) is 4.06. The third kappa shape index (κ3) is 1.51. The first-order chi connectivity index (χ1) is 8.58. The van der Waals surface area contributed by atoms with Gasteiger partial charge in [0, 0.05) is 21.5 Å². The van der Waals surface area contributed by atoms with E-state index in [1.54, 1.807) is 11.3 Å². The maximum absolute atomic E-state index is 11.6. The zero-order valence-electron chi connectivity index (χ0n) is 10.2. The van der Waals surface area contributed by atoms with Gasteiger partial charge in [0.1, 0.15) is 5.58 Å². The molecule has 0 bridgehead atoms. The van der Waals surface area contributed by atoms with E-state index in [2.05, 4.69) is 18.0 Å². The lowest BCUT2D eigenvalue weighted by atomic mass is 10.0. The lowest BCUT2D eigenvalue weighted by molar-refractivity contribution is 0.563. The van der Waals surface area contributed by atoms with Gasteiger partial charge in [-0.05, 0) is 48.1 Å². The van der Waals surface area contributed by atoms with Crippen molar-refractivity contribution >= 4 is 38.0 Å². The molecule has 2 aromatic heterocycles. The lowest BCUT2D eigenvalue weighted by Gasteiger charge is -2.04. The molecule has 2 nitrogen and oxygen atoms in total. The smallest absolute Gasteiger partial charge is 0.336 e. The molecule has 3 rings (SSSR count). The van der Waals surface area contributed by atoms with Crippen LogP contribution in [0.1, 0.15) is 18.1 Å². The molecular weight excluding hydrogens is 244 g/mol. The molecule has 0 radical (unpaired) electrons. The minimum Gasteiger partial charge on any atom is -0.422 e. The van der Waals surface area contributed by atoms with Gasteiger partial charge in [-0.3, -0.25) is 0 Å². The van der Waals surface area contributed by atoms with E-state index in [0.29, 0.717) is 5.58 Å². The van der Waals surface area contributed by atoms with Crippen molar-refractivity contribution in [2.24, 2.45) is 0 Å². The van der Waals surface area contributed by atoms with E-state index in [1.165, 1.54) is 6.07 Å². The summed E-state index contributed by atoms with van der Waals surface area (Å²) in [6, 6.07) is 5.61. The van der Waals surface area contributed by atoms with Crippen LogP contribution < -0.4 is 5.63 Å². The molecule has 0 fully saturated rings. The van der Waals surface area contributed by atoms with Crippen LogP contribution in [-0.2, 0) is 0 Å². The number of thiophene rings is 1. The molecule has 0 unspecified atom stereocenters. The van der Waals surface area contributed by atoms with Gasteiger partial charge < -0.3 is 4.42 Å². The normalized spacial score (nSPS) is 11.2. The summed E-state index contributed by atoms with van der Waals surface area (Å²) in [6.45, 7) is 7.88. The predicted octanol–water partition coefficient (Wildman–Crippen LogP) is 4.35. The molecule has 0 aliphatic rings. The SMILES string of the molecule is C=C(C)c1csc2ccc3c(C)cc(=O)oc3c12. The van der Waals surface area contributed by atoms with Crippen molar-refractivity contribution in [1.29, 1.82) is 0 Å². The topological polar surface area (TPSA) is 30.2 Å². The Morgan fingerprint density at radius 1 is 1.39 bits per heavy atom. The number of hydrogen-bond donors (Lipinski definition) is 0. The van der Waals surface area contributed by atoms with Crippen LogP contribution in [0.5, 0.6) is 0 Å². The predicted molar refractivity (Wildman–Crippen MR) is 77.3 cm³/mol. The highest BCUT2D eigenvalue weighted by molar-refractivity contribution is 7.17. The van der Waals surface area contributed by atoms with Gasteiger partial charge in [0.05, 0.1) is 0 Å². The molecule has 3 aromatic rings. The van der Waals surface area contributed by atoms with Gasteiger partial charge in [0.25, 0.3) is 0 Å². The van der Waals surface area contributed by atoms with Crippen LogP contribution in [0.15, 0.2) is 39.4 Å². The Kier molecular flexibility index (Phi) is 2.38. The Morgan fingerprint density at radius 3 is 2.89 bits per heavy atom. The summed E-state index contributed by atoms with van der Waals surface area (Å²) < 4.78 is 6.53. The second-order valence-electron chi connectivity index (χ2n) is 4.49. The Hall–Kier alpha value is -1.87. The van der Waals surface area contributed by atoms with Crippen molar-refractivity contribution in [2.75, 3.05) is 0 Å². The van der Waals surface area contributed by atoms with E-state index in [4.69, 9.17) is 4.42 Å². The summed E-state index contributed by atoms with van der Waals surface area (Å²) in [4.78, 5) is 11.6. The molecule has 0 spiro atoms. The fourth-order valence-electron chi connectivity index (χ4n) is 2.21. The molecule has 0 aliphatic carbocycles. The molecular formula is C15H12O2S. The average molecular weight is 256 g/mol. The van der Waals surface area contributed by atoms with E-state index >= 15 is 0 Å². The molecule has 0 amide bonds. The molecule has 0 N–H and O–H groups in total. The lowest BCUT2D eigenvalue weighted by Crippen LogP contribution is -1.98. The second-order valence-corrected chi connectivity index (χ2v) is 5.40. The van der Waals surface area contributed by atoms with Gasteiger partial charge in [-0.1, -0.05) is 6.58 Å². The minimum atomic E-state index is -0.300. The summed E-state index contributed by atoms with van der Waals surface area (Å²) in [5.74, 6) is 0. The molecule has 1 aromatic carbocycles. The number of rotatable bonds is 1. The Bertz CT molecular complexity index is 837. The van der Waals surface area contributed by atoms with Crippen molar-refractivity contribution in [2.45, 2.75) is 13.8 Å². The number of aryl methyl sites for hydroxylation is 1. The molecule has 18 heavy (non-hydrogen) atoms. The average Bonchev–Trinajstić information content (AvgIpc) is 2.72. The van der Waals surface area contributed by atoms with Gasteiger partial charge >= 0.3 is 5.63 Å². The first-order valence-corrected chi connectivity index (χ1v) is 6.56. The number of allylic oxidation sites excluding steroid dienone is 1. The maximum Gasteiger partial charge on any atom is 0.336 e. The molecule has 3 heteroatoms. The summed E-state index contributed by atoms with van der Waals surface area (Å²) in [5.41, 5.74) is 3.37. The first kappa shape index (κ1) is 11.2. The zero-order chi connectivity index (χ0) is 12.9. The highest BCUT2D eigenvalue weighted by Gasteiger charge is 2.12. The van der Waals surface area contributed by atoms with Crippen LogP contribution >= 0.6 is 11.3 Å². The number of benzene rings is 1. The van der Waals surface area contributed by atoms with E-state index in [0.717, 1.165) is 32.2 Å². The van der Waals surface area contributed by atoms with E-state index in [1.807, 2.05) is 19.9 Å². The van der Waals surface area contributed by atoms with E-state index < -0.39 is 0 Å². The largest absolute Gasteiger partial charge is 0.422 e. The minimum absolute atomic E-state index is 0.300. The van der Waals surface area contributed by atoms with Gasteiger partial charge in [-0.25, -0.2) is 4.79 Å². The summed E-state index contributed by atoms with van der Waals surface area (Å²) in [7, 11) is 0. The number of hydrogen-bond acceptors (Lipinski definition) is 3.